The molecule has 158 valence electrons. The van der Waals surface area contributed by atoms with Gasteiger partial charge < -0.3 is 10.2 Å². The third-order valence-electron chi connectivity index (χ3n) is 5.25. The van der Waals surface area contributed by atoms with Crippen molar-refractivity contribution in [2.75, 3.05) is 24.2 Å². The number of thioether (sulfide) groups is 1. The average Bonchev–Trinajstić information content (AvgIpc) is 2.81. The van der Waals surface area contributed by atoms with Crippen LogP contribution in [0.25, 0.3) is 0 Å². The first-order chi connectivity index (χ1) is 15.1. The topological polar surface area (TPSA) is 49.4 Å². The van der Waals surface area contributed by atoms with Crippen molar-refractivity contribution in [1.29, 1.82) is 0 Å². The van der Waals surface area contributed by atoms with Crippen LogP contribution in [0.1, 0.15) is 21.5 Å². The second kappa shape index (κ2) is 9.79. The Labute approximate surface area is 185 Å². The zero-order chi connectivity index (χ0) is 21.6. The minimum absolute atomic E-state index is 0.109. The van der Waals surface area contributed by atoms with Crippen LogP contribution in [-0.2, 0) is 11.2 Å². The number of carbonyl (C=O) groups is 2. The Hall–Kier alpha value is -3.12. The van der Waals surface area contributed by atoms with E-state index in [1.165, 1.54) is 29.8 Å². The maximum atomic E-state index is 13.2. The van der Waals surface area contributed by atoms with E-state index >= 15 is 0 Å². The van der Waals surface area contributed by atoms with E-state index in [2.05, 4.69) is 17.4 Å². The molecule has 1 aliphatic heterocycles. The number of carbonyl (C=O) groups excluding carboxylic acids is 2. The molecule has 4 nitrogen and oxygen atoms in total. The largest absolute Gasteiger partial charge is 0.336 e. The molecule has 31 heavy (non-hydrogen) atoms. The lowest BCUT2D eigenvalue weighted by Crippen LogP contribution is -2.46. The van der Waals surface area contributed by atoms with E-state index in [1.807, 2.05) is 42.5 Å². The predicted molar refractivity (Wildman–Crippen MR) is 123 cm³/mol. The molecule has 0 aromatic heterocycles. The summed E-state index contributed by atoms with van der Waals surface area (Å²) in [6, 6.07) is 23.4. The van der Waals surface area contributed by atoms with Crippen LogP contribution in [0.3, 0.4) is 0 Å². The summed E-state index contributed by atoms with van der Waals surface area (Å²) in [7, 11) is 0. The number of benzene rings is 3. The van der Waals surface area contributed by atoms with Gasteiger partial charge in [0.25, 0.3) is 5.91 Å². The molecule has 3 aromatic carbocycles. The zero-order valence-electron chi connectivity index (χ0n) is 17.0. The van der Waals surface area contributed by atoms with Gasteiger partial charge in [0.05, 0.1) is 0 Å². The maximum absolute atomic E-state index is 13.2. The molecule has 1 fully saturated rings. The Kier molecular flexibility index (Phi) is 6.67. The molecule has 4 rings (SSSR count). The van der Waals surface area contributed by atoms with Crippen LogP contribution in [0.5, 0.6) is 0 Å². The van der Waals surface area contributed by atoms with Gasteiger partial charge >= 0.3 is 0 Å². The number of nitrogens with one attached hydrogen (secondary N) is 1. The summed E-state index contributed by atoms with van der Waals surface area (Å²) < 4.78 is 13.2. The molecule has 0 spiro atoms. The maximum Gasteiger partial charge on any atom is 0.253 e. The Morgan fingerprint density at radius 3 is 2.45 bits per heavy atom. The highest BCUT2D eigenvalue weighted by Crippen LogP contribution is 2.24. The van der Waals surface area contributed by atoms with Crippen molar-refractivity contribution in [3.8, 4) is 0 Å². The summed E-state index contributed by atoms with van der Waals surface area (Å²) in [6.45, 7) is 0.892. The van der Waals surface area contributed by atoms with Gasteiger partial charge in [-0.05, 0) is 47.9 Å². The standard InChI is InChI=1S/C25H23FN2O2S/c26-21-12-10-19(11-13-21)25(30)28-14-15-31-23(17-28)24(29)27-22-9-5-4-8-20(22)16-18-6-2-1-3-7-18/h1-13,23H,14-17H2,(H,27,29). The number of nitrogens with zero attached hydrogens (tertiary/aromatic N) is 1. The molecule has 0 bridgehead atoms. The van der Waals surface area contributed by atoms with E-state index in [-0.39, 0.29) is 22.9 Å². The van der Waals surface area contributed by atoms with Gasteiger partial charge in [-0.1, -0.05) is 48.5 Å². The summed E-state index contributed by atoms with van der Waals surface area (Å²) in [5.74, 6) is 0.0123. The number of anilines is 1. The minimum atomic E-state index is -0.378. The average molecular weight is 435 g/mol. The highest BCUT2D eigenvalue weighted by atomic mass is 32.2. The Balaban J connectivity index is 1.43. The first-order valence-corrected chi connectivity index (χ1v) is 11.2. The molecule has 1 N–H and O–H groups in total. The van der Waals surface area contributed by atoms with Gasteiger partial charge in [-0.25, -0.2) is 4.39 Å². The molecule has 1 unspecified atom stereocenters. The smallest absolute Gasteiger partial charge is 0.253 e. The van der Waals surface area contributed by atoms with Crippen LogP contribution in [0.2, 0.25) is 0 Å². The third-order valence-corrected chi connectivity index (χ3v) is 6.43. The second-order valence-electron chi connectivity index (χ2n) is 7.43. The lowest BCUT2D eigenvalue weighted by atomic mass is 10.0. The fourth-order valence-corrected chi connectivity index (χ4v) is 4.70. The van der Waals surface area contributed by atoms with Gasteiger partial charge in [0.2, 0.25) is 5.91 Å². The molecule has 0 saturated carbocycles. The van der Waals surface area contributed by atoms with Crippen molar-refractivity contribution >= 4 is 29.3 Å². The fraction of sp³-hybridized carbons (Fsp3) is 0.200. The van der Waals surface area contributed by atoms with E-state index in [9.17, 15) is 14.0 Å². The van der Waals surface area contributed by atoms with Crippen LogP contribution in [0.15, 0.2) is 78.9 Å². The predicted octanol–water partition coefficient (Wildman–Crippen LogP) is 4.61. The summed E-state index contributed by atoms with van der Waals surface area (Å²) in [5.41, 5.74) is 3.44. The summed E-state index contributed by atoms with van der Waals surface area (Å²) in [4.78, 5) is 27.4. The van der Waals surface area contributed by atoms with Crippen LogP contribution in [-0.4, -0.2) is 40.8 Å². The highest BCUT2D eigenvalue weighted by molar-refractivity contribution is 8.00. The number of hydrogen-bond donors (Lipinski definition) is 1. The third kappa shape index (κ3) is 5.33. The molecule has 3 aromatic rings. The molecule has 0 aliphatic carbocycles. The molecule has 6 heteroatoms. The molecule has 1 atom stereocenters. The van der Waals surface area contributed by atoms with Crippen molar-refractivity contribution in [2.24, 2.45) is 0 Å². The van der Waals surface area contributed by atoms with Gasteiger partial charge in [-0.3, -0.25) is 9.59 Å². The quantitative estimate of drug-likeness (QED) is 0.638. The van der Waals surface area contributed by atoms with Gasteiger partial charge in [0.1, 0.15) is 11.1 Å². The Morgan fingerprint density at radius 2 is 1.68 bits per heavy atom. The first kappa shape index (κ1) is 21.1. The molecule has 0 radical (unpaired) electrons. The fourth-order valence-electron chi connectivity index (χ4n) is 3.59. The molecule has 1 aliphatic rings. The van der Waals surface area contributed by atoms with Crippen LogP contribution in [0, 0.1) is 5.82 Å². The summed E-state index contributed by atoms with van der Waals surface area (Å²) in [5, 5.41) is 2.70. The minimum Gasteiger partial charge on any atom is -0.336 e. The SMILES string of the molecule is O=C(Nc1ccccc1Cc1ccccc1)C1CN(C(=O)c2ccc(F)cc2)CCS1. The van der Waals surface area contributed by atoms with Crippen molar-refractivity contribution < 1.29 is 14.0 Å². The number of amides is 2. The van der Waals surface area contributed by atoms with E-state index in [0.29, 0.717) is 24.4 Å². The molecular formula is C25H23FN2O2S. The normalized spacial score (nSPS) is 16.0. The highest BCUT2D eigenvalue weighted by Gasteiger charge is 2.29. The van der Waals surface area contributed by atoms with Gasteiger partial charge in [-0.15, -0.1) is 11.8 Å². The van der Waals surface area contributed by atoms with Gasteiger partial charge in [0, 0.05) is 30.1 Å². The van der Waals surface area contributed by atoms with E-state index < -0.39 is 0 Å². The van der Waals surface area contributed by atoms with Gasteiger partial charge in [-0.2, -0.15) is 0 Å². The molecule has 1 heterocycles. The van der Waals surface area contributed by atoms with E-state index in [1.54, 1.807) is 16.7 Å². The van der Waals surface area contributed by atoms with E-state index in [0.717, 1.165) is 17.7 Å². The second-order valence-corrected chi connectivity index (χ2v) is 8.74. The Bertz CT molecular complexity index is 1060. The molecule has 1 saturated heterocycles. The monoisotopic (exact) mass is 434 g/mol. The van der Waals surface area contributed by atoms with Crippen molar-refractivity contribution in [3.05, 3.63) is 101 Å². The number of rotatable bonds is 5. The van der Waals surface area contributed by atoms with Crippen LogP contribution >= 0.6 is 11.8 Å². The zero-order valence-corrected chi connectivity index (χ0v) is 17.8. The van der Waals surface area contributed by atoms with Crippen molar-refractivity contribution in [1.82, 2.24) is 4.90 Å². The number of halogens is 1. The number of para-hydroxylation sites is 1. The first-order valence-electron chi connectivity index (χ1n) is 10.2. The van der Waals surface area contributed by atoms with Crippen LogP contribution in [0.4, 0.5) is 10.1 Å². The van der Waals surface area contributed by atoms with Gasteiger partial charge in [0.15, 0.2) is 0 Å². The summed E-state index contributed by atoms with van der Waals surface area (Å²) in [6.07, 6.45) is 0.726. The lowest BCUT2D eigenvalue weighted by Gasteiger charge is -2.32. The molecule has 2 amide bonds. The Morgan fingerprint density at radius 1 is 0.968 bits per heavy atom. The van der Waals surface area contributed by atoms with E-state index in [4.69, 9.17) is 0 Å². The lowest BCUT2D eigenvalue weighted by molar-refractivity contribution is -0.116. The number of hydrogen-bond acceptors (Lipinski definition) is 3. The van der Waals surface area contributed by atoms with Crippen molar-refractivity contribution in [2.45, 2.75) is 11.7 Å². The molecular weight excluding hydrogens is 411 g/mol. The van der Waals surface area contributed by atoms with Crippen molar-refractivity contribution in [3.63, 3.8) is 0 Å². The van der Waals surface area contributed by atoms with Crippen LogP contribution < -0.4 is 5.32 Å². The summed E-state index contributed by atoms with van der Waals surface area (Å²) >= 11 is 1.55.